The predicted octanol–water partition coefficient (Wildman–Crippen LogP) is 6.02. The minimum atomic E-state index is 0.408. The Balaban J connectivity index is 1.24. The second kappa shape index (κ2) is 10.1. The molecule has 0 amide bonds. The Morgan fingerprint density at radius 3 is 2.85 bits per heavy atom. The average Bonchev–Trinajstić information content (AvgIpc) is 3.52. The third-order valence-corrected chi connectivity index (χ3v) is 5.69. The van der Waals surface area contributed by atoms with Crippen LogP contribution in [-0.4, -0.2) is 27.3 Å². The van der Waals surface area contributed by atoms with E-state index in [2.05, 4.69) is 44.6 Å². The summed E-state index contributed by atoms with van der Waals surface area (Å²) in [6, 6.07) is 13.6. The van der Waals surface area contributed by atoms with Crippen molar-refractivity contribution in [3.8, 4) is 11.5 Å². The van der Waals surface area contributed by atoms with E-state index >= 15 is 0 Å². The SMILES string of the molecule is COc1cc(OCc2ccccn2)ccc1/C=C/c1cc(/C=C/c2c[nH]c3c2C=CCC3)n[nH]1. The quantitative estimate of drug-likeness (QED) is 0.344. The van der Waals surface area contributed by atoms with Gasteiger partial charge in [0.05, 0.1) is 24.2 Å². The number of methoxy groups -OCH3 is 1. The van der Waals surface area contributed by atoms with Gasteiger partial charge in [-0.3, -0.25) is 10.1 Å². The minimum Gasteiger partial charge on any atom is -0.496 e. The molecule has 1 aliphatic carbocycles. The maximum Gasteiger partial charge on any atom is 0.130 e. The monoisotopic (exact) mass is 450 g/mol. The van der Waals surface area contributed by atoms with Crippen LogP contribution in [0.4, 0.5) is 0 Å². The van der Waals surface area contributed by atoms with Gasteiger partial charge in [0.1, 0.15) is 18.1 Å². The molecule has 0 fully saturated rings. The second-order valence-electron chi connectivity index (χ2n) is 8.01. The molecule has 4 aromatic rings. The highest BCUT2D eigenvalue weighted by atomic mass is 16.5. The highest BCUT2D eigenvalue weighted by Crippen LogP contribution is 2.27. The number of aromatic amines is 2. The van der Waals surface area contributed by atoms with Crippen molar-refractivity contribution in [1.29, 1.82) is 0 Å². The molecule has 6 nitrogen and oxygen atoms in total. The summed E-state index contributed by atoms with van der Waals surface area (Å²) in [7, 11) is 1.66. The Bertz CT molecular complexity index is 1350. The molecule has 5 rings (SSSR count). The summed E-state index contributed by atoms with van der Waals surface area (Å²) in [4.78, 5) is 7.65. The number of nitrogens with zero attached hydrogens (tertiary/aromatic N) is 2. The maximum atomic E-state index is 5.85. The van der Waals surface area contributed by atoms with Gasteiger partial charge in [-0.1, -0.05) is 24.3 Å². The average molecular weight is 451 g/mol. The summed E-state index contributed by atoms with van der Waals surface area (Å²) in [5, 5.41) is 7.47. The lowest BCUT2D eigenvalue weighted by atomic mass is 10.0. The van der Waals surface area contributed by atoms with Gasteiger partial charge >= 0.3 is 0 Å². The highest BCUT2D eigenvalue weighted by Gasteiger charge is 2.09. The number of fused-ring (bicyclic) bond motifs is 1. The summed E-state index contributed by atoms with van der Waals surface area (Å²) in [6.07, 6.45) is 18.5. The number of hydrogen-bond acceptors (Lipinski definition) is 4. The number of aromatic nitrogens is 4. The molecule has 2 N–H and O–H groups in total. The number of nitrogens with one attached hydrogen (secondary N) is 2. The van der Waals surface area contributed by atoms with Crippen molar-refractivity contribution < 1.29 is 9.47 Å². The number of allylic oxidation sites excluding steroid dienone is 1. The molecule has 34 heavy (non-hydrogen) atoms. The summed E-state index contributed by atoms with van der Waals surface area (Å²) in [5.74, 6) is 1.47. The molecule has 0 saturated heterocycles. The largest absolute Gasteiger partial charge is 0.496 e. The lowest BCUT2D eigenvalue weighted by Gasteiger charge is -2.09. The van der Waals surface area contributed by atoms with Gasteiger partial charge in [-0.2, -0.15) is 5.10 Å². The fraction of sp³-hybridized carbons (Fsp3) is 0.143. The Morgan fingerprint density at radius 2 is 1.97 bits per heavy atom. The predicted molar refractivity (Wildman–Crippen MR) is 136 cm³/mol. The molecule has 3 heterocycles. The van der Waals surface area contributed by atoms with Gasteiger partial charge in [0, 0.05) is 35.3 Å². The van der Waals surface area contributed by atoms with Crippen LogP contribution < -0.4 is 9.47 Å². The smallest absolute Gasteiger partial charge is 0.130 e. The van der Waals surface area contributed by atoms with Crippen molar-refractivity contribution in [2.75, 3.05) is 7.11 Å². The zero-order chi connectivity index (χ0) is 23.2. The van der Waals surface area contributed by atoms with Crippen LogP contribution in [0.1, 0.15) is 45.9 Å². The van der Waals surface area contributed by atoms with Crippen LogP contribution in [-0.2, 0) is 13.0 Å². The Labute approximate surface area is 198 Å². The number of pyridine rings is 1. The molecule has 1 aliphatic rings. The molecular weight excluding hydrogens is 424 g/mol. The van der Waals surface area contributed by atoms with E-state index in [0.29, 0.717) is 6.61 Å². The fourth-order valence-electron chi connectivity index (χ4n) is 3.90. The van der Waals surface area contributed by atoms with Crippen molar-refractivity contribution >= 4 is 30.4 Å². The Hall–Kier alpha value is -4.32. The molecule has 0 saturated carbocycles. The first-order valence-corrected chi connectivity index (χ1v) is 11.3. The van der Waals surface area contributed by atoms with Crippen molar-refractivity contribution in [3.63, 3.8) is 0 Å². The molecule has 0 radical (unpaired) electrons. The second-order valence-corrected chi connectivity index (χ2v) is 8.01. The molecule has 1 aromatic carbocycles. The molecule has 3 aromatic heterocycles. The summed E-state index contributed by atoms with van der Waals surface area (Å²) in [5.41, 5.74) is 7.37. The van der Waals surface area contributed by atoms with Crippen molar-refractivity contribution in [1.82, 2.24) is 20.2 Å². The zero-order valence-corrected chi connectivity index (χ0v) is 19.0. The molecule has 0 atom stereocenters. The van der Waals surface area contributed by atoms with Gasteiger partial charge in [-0.15, -0.1) is 0 Å². The van der Waals surface area contributed by atoms with Gasteiger partial charge in [-0.05, 0) is 67.0 Å². The molecular formula is C28H26N4O2. The van der Waals surface area contributed by atoms with Crippen molar-refractivity contribution in [3.05, 3.63) is 100 Å². The molecule has 0 aliphatic heterocycles. The van der Waals surface area contributed by atoms with Gasteiger partial charge < -0.3 is 14.5 Å². The van der Waals surface area contributed by atoms with E-state index in [1.54, 1.807) is 13.3 Å². The third-order valence-electron chi connectivity index (χ3n) is 5.69. The van der Waals surface area contributed by atoms with Crippen molar-refractivity contribution in [2.45, 2.75) is 19.4 Å². The van der Waals surface area contributed by atoms with E-state index in [1.807, 2.05) is 60.7 Å². The molecule has 6 heteroatoms. The van der Waals surface area contributed by atoms with E-state index in [1.165, 1.54) is 16.8 Å². The van der Waals surface area contributed by atoms with Crippen LogP contribution in [0, 0.1) is 0 Å². The first-order chi connectivity index (χ1) is 16.8. The lowest BCUT2D eigenvalue weighted by molar-refractivity contribution is 0.299. The van der Waals surface area contributed by atoms with E-state index in [-0.39, 0.29) is 0 Å². The lowest BCUT2D eigenvalue weighted by Crippen LogP contribution is -1.98. The molecule has 170 valence electrons. The molecule has 0 bridgehead atoms. The van der Waals surface area contributed by atoms with Gasteiger partial charge in [0.15, 0.2) is 0 Å². The number of aryl methyl sites for hydroxylation is 1. The zero-order valence-electron chi connectivity index (χ0n) is 19.0. The first kappa shape index (κ1) is 21.5. The van der Waals surface area contributed by atoms with Gasteiger partial charge in [0.2, 0.25) is 0 Å². The highest BCUT2D eigenvalue weighted by molar-refractivity contribution is 5.77. The van der Waals surface area contributed by atoms with Crippen LogP contribution in [0.25, 0.3) is 30.4 Å². The molecule has 0 unspecified atom stereocenters. The number of benzene rings is 1. The first-order valence-electron chi connectivity index (χ1n) is 11.3. The summed E-state index contributed by atoms with van der Waals surface area (Å²) >= 11 is 0. The number of ether oxygens (including phenoxy) is 2. The van der Waals surface area contributed by atoms with Crippen molar-refractivity contribution in [2.24, 2.45) is 0 Å². The van der Waals surface area contributed by atoms with E-state index in [4.69, 9.17) is 9.47 Å². The van der Waals surface area contributed by atoms with Gasteiger partial charge in [0.25, 0.3) is 0 Å². The van der Waals surface area contributed by atoms with Crippen LogP contribution in [0.2, 0.25) is 0 Å². The van der Waals surface area contributed by atoms with E-state index < -0.39 is 0 Å². The Morgan fingerprint density at radius 1 is 1.03 bits per heavy atom. The summed E-state index contributed by atoms with van der Waals surface area (Å²) < 4.78 is 11.4. The summed E-state index contributed by atoms with van der Waals surface area (Å²) in [6.45, 7) is 0.408. The van der Waals surface area contributed by atoms with E-state index in [0.717, 1.165) is 47.0 Å². The topological polar surface area (TPSA) is 75.8 Å². The number of hydrogen-bond donors (Lipinski definition) is 2. The number of H-pyrrole nitrogens is 2. The Kier molecular flexibility index (Phi) is 6.38. The van der Waals surface area contributed by atoms with Crippen LogP contribution in [0.5, 0.6) is 11.5 Å². The van der Waals surface area contributed by atoms with Gasteiger partial charge in [-0.25, -0.2) is 0 Å². The molecule has 0 spiro atoms. The fourth-order valence-corrected chi connectivity index (χ4v) is 3.90. The van der Waals surface area contributed by atoms with Crippen LogP contribution >= 0.6 is 0 Å². The maximum absolute atomic E-state index is 5.85. The standard InChI is InChI=1S/C28H26N4O2/c1-33-28-17-25(34-19-24-6-4-5-15-29-24)14-11-20(28)9-12-22-16-23(32-31-22)13-10-21-18-30-27-8-3-2-7-26(21)27/h2,4-7,9-18,30H,3,8,19H2,1H3,(H,31,32)/b12-9+,13-10+. The van der Waals surface area contributed by atoms with Crippen LogP contribution in [0.3, 0.4) is 0 Å². The third kappa shape index (κ3) is 5.02. The van der Waals surface area contributed by atoms with Crippen LogP contribution in [0.15, 0.2) is 60.9 Å². The normalized spacial score (nSPS) is 13.0. The minimum absolute atomic E-state index is 0.408. The number of rotatable bonds is 8. The van der Waals surface area contributed by atoms with E-state index in [9.17, 15) is 0 Å².